The van der Waals surface area contributed by atoms with Crippen LogP contribution >= 0.6 is 11.6 Å². The van der Waals surface area contributed by atoms with Crippen LogP contribution in [0, 0.1) is 0 Å². The van der Waals surface area contributed by atoms with Crippen LogP contribution in [0.5, 0.6) is 23.0 Å². The Morgan fingerprint density at radius 2 is 1.78 bits per heavy atom. The third-order valence-corrected chi connectivity index (χ3v) is 7.41. The molecule has 3 aromatic rings. The lowest BCUT2D eigenvalue weighted by molar-refractivity contribution is -0.139. The average molecular weight is 691 g/mol. The van der Waals surface area contributed by atoms with Gasteiger partial charge in [0.05, 0.1) is 38.2 Å². The molecule has 0 saturated heterocycles. The van der Waals surface area contributed by atoms with Crippen molar-refractivity contribution in [2.45, 2.75) is 39.8 Å². The maximum Gasteiger partial charge on any atom is 0.338 e. The molecule has 0 aromatic heterocycles. The predicted molar refractivity (Wildman–Crippen MR) is 185 cm³/mol. The Kier molecular flexibility index (Phi) is 13.1. The van der Waals surface area contributed by atoms with Gasteiger partial charge in [-0.25, -0.2) is 15.0 Å². The van der Waals surface area contributed by atoms with Gasteiger partial charge in [0.15, 0.2) is 29.6 Å². The first kappa shape index (κ1) is 36.3. The third kappa shape index (κ3) is 9.77. The van der Waals surface area contributed by atoms with Gasteiger partial charge >= 0.3 is 12.0 Å². The SMILES string of the molecule is C=CCc1cc(/C=N\NC(=O)COc2ccc([C@H]3NC(=O)NC(C)=C3C(=O)OCC)cc2OC)cc(OCC)c1OCc1ccc(Cl)cc1. The van der Waals surface area contributed by atoms with Gasteiger partial charge in [-0.1, -0.05) is 35.9 Å². The lowest BCUT2D eigenvalue weighted by Crippen LogP contribution is -2.45. The molecule has 49 heavy (non-hydrogen) atoms. The molecule has 0 unspecified atom stereocenters. The summed E-state index contributed by atoms with van der Waals surface area (Å²) in [6, 6.07) is 14.7. The molecule has 3 amide bonds. The van der Waals surface area contributed by atoms with E-state index < -0.39 is 23.9 Å². The lowest BCUT2D eigenvalue weighted by atomic mass is 9.95. The second kappa shape index (κ2) is 17.6. The van der Waals surface area contributed by atoms with Crippen molar-refractivity contribution in [1.82, 2.24) is 16.1 Å². The summed E-state index contributed by atoms with van der Waals surface area (Å²) in [6.07, 6.45) is 3.78. The lowest BCUT2D eigenvalue weighted by Gasteiger charge is -2.28. The minimum absolute atomic E-state index is 0.177. The Hall–Kier alpha value is -5.49. The summed E-state index contributed by atoms with van der Waals surface area (Å²) in [4.78, 5) is 37.5. The summed E-state index contributed by atoms with van der Waals surface area (Å²) in [5.74, 6) is 0.616. The largest absolute Gasteiger partial charge is 0.493 e. The third-order valence-electron chi connectivity index (χ3n) is 7.16. The molecule has 0 aliphatic carbocycles. The number of esters is 1. The number of ether oxygens (including phenoxy) is 5. The van der Waals surface area contributed by atoms with Crippen molar-refractivity contribution < 1.29 is 38.1 Å². The van der Waals surface area contributed by atoms with Crippen LogP contribution in [-0.4, -0.2) is 51.1 Å². The predicted octanol–water partition coefficient (Wildman–Crippen LogP) is 5.77. The molecule has 258 valence electrons. The van der Waals surface area contributed by atoms with Crippen molar-refractivity contribution in [3.63, 3.8) is 0 Å². The summed E-state index contributed by atoms with van der Waals surface area (Å²) < 4.78 is 28.4. The molecule has 0 fully saturated rings. The highest BCUT2D eigenvalue weighted by Crippen LogP contribution is 2.36. The van der Waals surface area contributed by atoms with E-state index in [0.717, 1.165) is 11.1 Å². The van der Waals surface area contributed by atoms with Crippen LogP contribution in [0.4, 0.5) is 4.79 Å². The second-order valence-corrected chi connectivity index (χ2v) is 11.1. The fourth-order valence-electron chi connectivity index (χ4n) is 4.99. The van der Waals surface area contributed by atoms with Gasteiger partial charge in [-0.05, 0) is 80.3 Å². The smallest absolute Gasteiger partial charge is 0.338 e. The van der Waals surface area contributed by atoms with Crippen LogP contribution in [0.2, 0.25) is 5.02 Å². The molecule has 1 atom stereocenters. The van der Waals surface area contributed by atoms with Gasteiger partial charge in [-0.2, -0.15) is 5.10 Å². The van der Waals surface area contributed by atoms with Gasteiger partial charge in [0, 0.05) is 16.3 Å². The highest BCUT2D eigenvalue weighted by atomic mass is 35.5. The maximum atomic E-state index is 12.7. The molecule has 3 N–H and O–H groups in total. The van der Waals surface area contributed by atoms with E-state index in [4.69, 9.17) is 35.3 Å². The van der Waals surface area contributed by atoms with Crippen LogP contribution in [0.15, 0.2) is 83.6 Å². The van der Waals surface area contributed by atoms with E-state index >= 15 is 0 Å². The Balaban J connectivity index is 1.42. The summed E-state index contributed by atoms with van der Waals surface area (Å²) in [6.45, 7) is 9.61. The van der Waals surface area contributed by atoms with Gasteiger partial charge in [0.25, 0.3) is 5.91 Å². The molecule has 1 aliphatic heterocycles. The summed E-state index contributed by atoms with van der Waals surface area (Å²) in [7, 11) is 1.44. The van der Waals surface area contributed by atoms with Crippen molar-refractivity contribution in [2.24, 2.45) is 5.10 Å². The molecule has 1 aliphatic rings. The molecule has 3 aromatic carbocycles. The minimum Gasteiger partial charge on any atom is -0.493 e. The number of urea groups is 1. The Bertz CT molecular complexity index is 1740. The Morgan fingerprint density at radius 1 is 1.00 bits per heavy atom. The molecule has 0 radical (unpaired) electrons. The van der Waals surface area contributed by atoms with Crippen molar-refractivity contribution in [3.8, 4) is 23.0 Å². The number of halogens is 1. The Morgan fingerprint density at radius 3 is 2.47 bits per heavy atom. The van der Waals surface area contributed by atoms with Gasteiger partial charge in [-0.3, -0.25) is 4.79 Å². The first-order chi connectivity index (χ1) is 23.7. The number of nitrogens with zero attached hydrogens (tertiary/aromatic N) is 1. The zero-order valence-electron chi connectivity index (χ0n) is 27.8. The molecular formula is C36H39ClN4O8. The van der Waals surface area contributed by atoms with Gasteiger partial charge in [0.2, 0.25) is 0 Å². The fraction of sp³-hybridized carbons (Fsp3) is 0.278. The molecule has 0 spiro atoms. The maximum absolute atomic E-state index is 12.7. The van der Waals surface area contributed by atoms with E-state index in [-0.39, 0.29) is 24.5 Å². The zero-order valence-corrected chi connectivity index (χ0v) is 28.5. The number of nitrogens with one attached hydrogen (secondary N) is 3. The first-order valence-electron chi connectivity index (χ1n) is 15.5. The number of hydrogen-bond acceptors (Lipinski definition) is 9. The number of carbonyl (C=O) groups excluding carboxylic acids is 3. The molecule has 4 rings (SSSR count). The van der Waals surface area contributed by atoms with E-state index in [0.29, 0.717) is 58.7 Å². The number of hydrazone groups is 1. The number of hydrogen-bond donors (Lipinski definition) is 3. The van der Waals surface area contributed by atoms with Crippen molar-refractivity contribution in [1.29, 1.82) is 0 Å². The summed E-state index contributed by atoms with van der Waals surface area (Å²) in [5.41, 5.74) is 6.12. The molecule has 1 heterocycles. The quantitative estimate of drug-likeness (QED) is 0.0743. The van der Waals surface area contributed by atoms with Crippen molar-refractivity contribution in [3.05, 3.63) is 106 Å². The number of methoxy groups -OCH3 is 1. The van der Waals surface area contributed by atoms with Gasteiger partial charge < -0.3 is 34.3 Å². The van der Waals surface area contributed by atoms with Crippen LogP contribution in [0.3, 0.4) is 0 Å². The number of carbonyl (C=O) groups is 3. The van der Waals surface area contributed by atoms with Crippen LogP contribution in [0.1, 0.15) is 49.1 Å². The standard InChI is InChI=1S/C36H39ClN4O8/c1-6-9-26-16-24(17-30(46-7-2)34(26)49-20-23-10-13-27(37)14-11-23)19-38-41-31(42)21-48-28-15-12-25(18-29(28)45-5)33-32(35(43)47-8-3)22(4)39-36(44)40-33/h6,10-19,33H,1,7-9,20-21H2,2-5H3,(H,41,42)(H2,39,40,44)/b38-19-/t33-/m1/s1. The molecule has 0 bridgehead atoms. The highest BCUT2D eigenvalue weighted by molar-refractivity contribution is 6.30. The van der Waals surface area contributed by atoms with Crippen molar-refractivity contribution in [2.75, 3.05) is 26.9 Å². The normalized spacial score (nSPS) is 14.1. The minimum atomic E-state index is -0.785. The summed E-state index contributed by atoms with van der Waals surface area (Å²) in [5, 5.41) is 10.1. The number of benzene rings is 3. The highest BCUT2D eigenvalue weighted by Gasteiger charge is 2.32. The van der Waals surface area contributed by atoms with E-state index in [1.807, 2.05) is 25.1 Å². The number of rotatable bonds is 16. The first-order valence-corrected chi connectivity index (χ1v) is 15.9. The molecule has 13 heteroatoms. The fourth-order valence-corrected chi connectivity index (χ4v) is 5.11. The molecule has 12 nitrogen and oxygen atoms in total. The number of allylic oxidation sites excluding steroid dienone is 2. The monoisotopic (exact) mass is 690 g/mol. The van der Waals surface area contributed by atoms with Gasteiger partial charge in [-0.15, -0.1) is 6.58 Å². The average Bonchev–Trinajstić information content (AvgIpc) is 3.07. The summed E-state index contributed by atoms with van der Waals surface area (Å²) >= 11 is 6.01. The number of amides is 3. The van der Waals surface area contributed by atoms with Crippen LogP contribution < -0.4 is 35.0 Å². The second-order valence-electron chi connectivity index (χ2n) is 10.6. The zero-order chi connectivity index (χ0) is 35.3. The molecule has 0 saturated carbocycles. The van der Waals surface area contributed by atoms with Crippen LogP contribution in [-0.2, 0) is 27.4 Å². The molecular weight excluding hydrogens is 652 g/mol. The van der Waals surface area contributed by atoms with E-state index in [2.05, 4.69) is 27.7 Å². The van der Waals surface area contributed by atoms with E-state index in [9.17, 15) is 14.4 Å². The van der Waals surface area contributed by atoms with E-state index in [1.165, 1.54) is 13.3 Å². The Labute approximate surface area is 290 Å². The van der Waals surface area contributed by atoms with E-state index in [1.54, 1.807) is 56.3 Å². The van der Waals surface area contributed by atoms with Gasteiger partial charge in [0.1, 0.15) is 6.61 Å². The topological polar surface area (TPSA) is 146 Å². The van der Waals surface area contributed by atoms with Crippen LogP contribution in [0.25, 0.3) is 0 Å². The van der Waals surface area contributed by atoms with Crippen molar-refractivity contribution >= 4 is 35.7 Å².